The van der Waals surface area contributed by atoms with Gasteiger partial charge in [0.25, 0.3) is 0 Å². The lowest BCUT2D eigenvalue weighted by molar-refractivity contribution is 1.33. The Labute approximate surface area is 293 Å². The average molecular weight is 638 g/mol. The summed E-state index contributed by atoms with van der Waals surface area (Å²) in [5, 5.41) is 7.55. The highest BCUT2D eigenvalue weighted by molar-refractivity contribution is 6.24. The second-order valence-corrected chi connectivity index (χ2v) is 13.2. The molecule has 236 valence electrons. The van der Waals surface area contributed by atoms with Crippen molar-refractivity contribution in [2.24, 2.45) is 0 Å². The molecule has 0 bridgehead atoms. The van der Waals surface area contributed by atoms with Gasteiger partial charge in [-0.3, -0.25) is 4.98 Å². The number of benzene rings is 8. The van der Waals surface area contributed by atoms with Crippen LogP contribution in [0.5, 0.6) is 0 Å². The summed E-state index contributed by atoms with van der Waals surface area (Å²) in [5.74, 6) is 0. The van der Waals surface area contributed by atoms with Crippen LogP contribution in [-0.4, -0.2) is 4.98 Å². The second-order valence-electron chi connectivity index (χ2n) is 13.2. The highest BCUT2D eigenvalue weighted by Gasteiger charge is 2.19. The number of hydrogen-bond acceptors (Lipinski definition) is 1. The van der Waals surface area contributed by atoms with E-state index in [2.05, 4.69) is 178 Å². The Kier molecular flexibility index (Phi) is 7.33. The quantitative estimate of drug-likeness (QED) is 0.171. The summed E-state index contributed by atoms with van der Waals surface area (Å²) in [6.45, 7) is 4.44. The molecule has 8 aromatic carbocycles. The van der Waals surface area contributed by atoms with Gasteiger partial charge in [0.15, 0.2) is 0 Å². The lowest BCUT2D eigenvalue weighted by Gasteiger charge is -2.20. The van der Waals surface area contributed by atoms with Crippen LogP contribution in [0.25, 0.3) is 88.1 Å². The number of pyridine rings is 1. The Balaban J connectivity index is 1.25. The van der Waals surface area contributed by atoms with Crippen LogP contribution in [0.4, 0.5) is 0 Å². The Morgan fingerprint density at radius 1 is 0.320 bits per heavy atom. The van der Waals surface area contributed by atoms with Gasteiger partial charge in [-0.1, -0.05) is 158 Å². The number of fused-ring (bicyclic) bond motifs is 3. The normalized spacial score (nSPS) is 11.4. The standard InChI is InChI=1S/C49H35N/c1-32-14-10-15-33(2)47(32)40-26-12-25-39-38(40)24-13-27-41(39)49-44-22-8-6-20-42(44)48(43-21-7-9-23-45(43)49)36-19-11-18-35(30-36)37-28-29-46(50-31-37)34-16-4-3-5-17-34/h3-31H,1-2H3. The first-order valence-corrected chi connectivity index (χ1v) is 17.3. The van der Waals surface area contributed by atoms with Gasteiger partial charge < -0.3 is 0 Å². The molecule has 0 atom stereocenters. The van der Waals surface area contributed by atoms with Gasteiger partial charge in [0.2, 0.25) is 0 Å². The predicted octanol–water partition coefficient (Wildman–Crippen LogP) is 13.5. The van der Waals surface area contributed by atoms with Crippen LogP contribution in [0, 0.1) is 13.8 Å². The van der Waals surface area contributed by atoms with Crippen molar-refractivity contribution in [3.8, 4) is 55.8 Å². The summed E-state index contributed by atoms with van der Waals surface area (Å²) in [6.07, 6.45) is 1.99. The van der Waals surface area contributed by atoms with Gasteiger partial charge in [-0.15, -0.1) is 0 Å². The zero-order valence-corrected chi connectivity index (χ0v) is 28.2. The van der Waals surface area contributed by atoms with Gasteiger partial charge in [0.05, 0.1) is 5.69 Å². The van der Waals surface area contributed by atoms with Crippen molar-refractivity contribution < 1.29 is 0 Å². The fraction of sp³-hybridized carbons (Fsp3) is 0.0408. The van der Waals surface area contributed by atoms with Crippen molar-refractivity contribution in [1.29, 1.82) is 0 Å². The van der Waals surface area contributed by atoms with E-state index in [0.717, 1.165) is 22.4 Å². The highest BCUT2D eigenvalue weighted by atomic mass is 14.7. The van der Waals surface area contributed by atoms with Crippen molar-refractivity contribution in [3.63, 3.8) is 0 Å². The number of hydrogen-bond donors (Lipinski definition) is 0. The third-order valence-corrected chi connectivity index (χ3v) is 10.2. The summed E-state index contributed by atoms with van der Waals surface area (Å²) in [4.78, 5) is 4.83. The van der Waals surface area contributed by atoms with E-state index in [1.54, 1.807) is 0 Å². The highest BCUT2D eigenvalue weighted by Crippen LogP contribution is 2.46. The zero-order valence-electron chi connectivity index (χ0n) is 28.2. The smallest absolute Gasteiger partial charge is 0.0702 e. The van der Waals surface area contributed by atoms with Crippen molar-refractivity contribution in [2.45, 2.75) is 13.8 Å². The Morgan fingerprint density at radius 2 is 0.800 bits per heavy atom. The third-order valence-electron chi connectivity index (χ3n) is 10.2. The molecule has 50 heavy (non-hydrogen) atoms. The van der Waals surface area contributed by atoms with Gasteiger partial charge in [-0.05, 0) is 108 Å². The fourth-order valence-corrected chi connectivity index (χ4v) is 7.91. The summed E-state index contributed by atoms with van der Waals surface area (Å²) in [5.41, 5.74) is 14.6. The predicted molar refractivity (Wildman–Crippen MR) is 213 cm³/mol. The third kappa shape index (κ3) is 4.98. The van der Waals surface area contributed by atoms with Crippen LogP contribution >= 0.6 is 0 Å². The van der Waals surface area contributed by atoms with Crippen LogP contribution in [-0.2, 0) is 0 Å². The molecule has 9 aromatic rings. The van der Waals surface area contributed by atoms with E-state index >= 15 is 0 Å². The van der Waals surface area contributed by atoms with E-state index in [1.807, 2.05) is 12.3 Å². The molecule has 0 spiro atoms. The molecule has 1 heterocycles. The zero-order chi connectivity index (χ0) is 33.6. The molecule has 1 nitrogen and oxygen atoms in total. The van der Waals surface area contributed by atoms with Crippen molar-refractivity contribution in [1.82, 2.24) is 4.98 Å². The number of rotatable bonds is 5. The van der Waals surface area contributed by atoms with E-state index in [4.69, 9.17) is 4.98 Å². The first-order valence-electron chi connectivity index (χ1n) is 17.3. The summed E-state index contributed by atoms with van der Waals surface area (Å²) >= 11 is 0. The molecule has 0 N–H and O–H groups in total. The van der Waals surface area contributed by atoms with E-state index in [0.29, 0.717) is 0 Å². The number of aromatic nitrogens is 1. The van der Waals surface area contributed by atoms with Gasteiger partial charge in [-0.25, -0.2) is 0 Å². The minimum atomic E-state index is 0.979. The number of aryl methyl sites for hydroxylation is 2. The Bertz CT molecular complexity index is 2630. The maximum atomic E-state index is 4.83. The molecular weight excluding hydrogens is 603 g/mol. The minimum absolute atomic E-state index is 0.979. The van der Waals surface area contributed by atoms with Crippen molar-refractivity contribution in [3.05, 3.63) is 187 Å². The van der Waals surface area contributed by atoms with Crippen molar-refractivity contribution in [2.75, 3.05) is 0 Å². The molecule has 1 heteroatoms. The van der Waals surface area contributed by atoms with E-state index in [-0.39, 0.29) is 0 Å². The molecule has 0 fully saturated rings. The van der Waals surface area contributed by atoms with Gasteiger partial charge in [0.1, 0.15) is 0 Å². The monoisotopic (exact) mass is 637 g/mol. The SMILES string of the molecule is Cc1cccc(C)c1-c1cccc2c(-c3c4ccccc4c(-c4cccc(-c5ccc(-c6ccccc6)nc5)c4)c4ccccc34)cccc12. The summed E-state index contributed by atoms with van der Waals surface area (Å²) < 4.78 is 0. The maximum absolute atomic E-state index is 4.83. The Hall–Kier alpha value is -6.31. The van der Waals surface area contributed by atoms with Gasteiger partial charge in [0, 0.05) is 17.3 Å². The lowest BCUT2D eigenvalue weighted by atomic mass is 9.83. The van der Waals surface area contributed by atoms with Crippen LogP contribution in [0.1, 0.15) is 11.1 Å². The van der Waals surface area contributed by atoms with Crippen LogP contribution in [0.15, 0.2) is 176 Å². The summed E-state index contributed by atoms with van der Waals surface area (Å²) in [7, 11) is 0. The molecule has 0 aliphatic rings. The average Bonchev–Trinajstić information content (AvgIpc) is 3.17. The molecule has 0 saturated carbocycles. The second kappa shape index (κ2) is 12.3. The molecule has 9 rings (SSSR count). The molecule has 0 radical (unpaired) electrons. The lowest BCUT2D eigenvalue weighted by Crippen LogP contribution is -1.93. The Morgan fingerprint density at radius 3 is 1.40 bits per heavy atom. The fourth-order valence-electron chi connectivity index (χ4n) is 7.91. The van der Waals surface area contributed by atoms with Crippen molar-refractivity contribution >= 4 is 32.3 Å². The number of nitrogens with zero attached hydrogens (tertiary/aromatic N) is 1. The molecule has 0 aliphatic heterocycles. The van der Waals surface area contributed by atoms with Crippen LogP contribution in [0.3, 0.4) is 0 Å². The van der Waals surface area contributed by atoms with Crippen LogP contribution in [0.2, 0.25) is 0 Å². The van der Waals surface area contributed by atoms with Gasteiger partial charge in [-0.2, -0.15) is 0 Å². The minimum Gasteiger partial charge on any atom is -0.256 e. The van der Waals surface area contributed by atoms with Crippen LogP contribution < -0.4 is 0 Å². The molecule has 0 unspecified atom stereocenters. The van der Waals surface area contributed by atoms with E-state index in [9.17, 15) is 0 Å². The first kappa shape index (κ1) is 29.8. The van der Waals surface area contributed by atoms with E-state index < -0.39 is 0 Å². The molecule has 1 aromatic heterocycles. The van der Waals surface area contributed by atoms with Gasteiger partial charge >= 0.3 is 0 Å². The topological polar surface area (TPSA) is 12.9 Å². The molecule has 0 aliphatic carbocycles. The largest absolute Gasteiger partial charge is 0.256 e. The molecular formula is C49H35N. The molecule has 0 saturated heterocycles. The molecule has 0 amide bonds. The summed E-state index contributed by atoms with van der Waals surface area (Å²) in [6, 6.07) is 61.6. The first-order chi connectivity index (χ1) is 24.7. The van der Waals surface area contributed by atoms with E-state index in [1.165, 1.54) is 76.8 Å². The maximum Gasteiger partial charge on any atom is 0.0702 e.